The molecule has 9 heteroatoms. The maximum atomic E-state index is 12.8. The number of benzene rings is 2. The summed E-state index contributed by atoms with van der Waals surface area (Å²) >= 11 is 1.03. The smallest absolute Gasteiger partial charge is 0.416 e. The molecule has 2 heterocycles. The van der Waals surface area contributed by atoms with Crippen LogP contribution >= 0.6 is 11.8 Å². The molecule has 0 spiro atoms. The molecule has 0 saturated carbocycles. The van der Waals surface area contributed by atoms with E-state index in [1.54, 1.807) is 18.2 Å². The summed E-state index contributed by atoms with van der Waals surface area (Å²) in [5.74, 6) is 0.961. The SMILES string of the molecule is O=C1C(SCc2cccc(C(F)(F)F)c2)=C(O)CN1Cc1ccc2c(c1)OCO2. The summed E-state index contributed by atoms with van der Waals surface area (Å²) in [6.45, 7) is 0.478. The highest BCUT2D eigenvalue weighted by Crippen LogP contribution is 2.36. The predicted molar refractivity (Wildman–Crippen MR) is 100 cm³/mol. The van der Waals surface area contributed by atoms with Crippen molar-refractivity contribution >= 4 is 17.7 Å². The Labute approximate surface area is 168 Å². The molecule has 0 aliphatic carbocycles. The number of hydrogen-bond donors (Lipinski definition) is 1. The standard InChI is InChI=1S/C20H16F3NO4S/c21-20(22,23)14-3-1-2-13(6-14)10-29-18-15(25)9-24(19(18)26)8-12-4-5-16-17(7-12)28-11-27-16/h1-7,25H,8-11H2. The van der Waals surface area contributed by atoms with Gasteiger partial charge >= 0.3 is 6.18 Å². The van der Waals surface area contributed by atoms with Crippen LogP contribution in [-0.2, 0) is 23.3 Å². The Morgan fingerprint density at radius 2 is 1.86 bits per heavy atom. The van der Waals surface area contributed by atoms with E-state index in [0.29, 0.717) is 17.1 Å². The number of carbonyl (C=O) groups is 1. The van der Waals surface area contributed by atoms with Crippen LogP contribution < -0.4 is 9.47 Å². The number of hydrogen-bond acceptors (Lipinski definition) is 5. The molecule has 1 amide bonds. The van der Waals surface area contributed by atoms with Gasteiger partial charge in [-0.05, 0) is 29.3 Å². The Morgan fingerprint density at radius 1 is 1.07 bits per heavy atom. The molecule has 0 bridgehead atoms. The lowest BCUT2D eigenvalue weighted by atomic mass is 10.1. The second-order valence-corrected chi connectivity index (χ2v) is 7.60. The number of aliphatic hydroxyl groups is 1. The minimum absolute atomic E-state index is 0.0538. The summed E-state index contributed by atoms with van der Waals surface area (Å²) in [6, 6.07) is 10.3. The molecule has 4 rings (SSSR count). The fourth-order valence-electron chi connectivity index (χ4n) is 3.12. The van der Waals surface area contributed by atoms with Gasteiger partial charge in [0, 0.05) is 12.3 Å². The predicted octanol–water partition coefficient (Wildman–Crippen LogP) is 4.48. The first-order valence-electron chi connectivity index (χ1n) is 8.70. The first kappa shape index (κ1) is 19.5. The number of ether oxygens (including phenoxy) is 2. The van der Waals surface area contributed by atoms with Gasteiger partial charge in [-0.1, -0.05) is 24.3 Å². The maximum absolute atomic E-state index is 12.8. The maximum Gasteiger partial charge on any atom is 0.416 e. The van der Waals surface area contributed by atoms with Gasteiger partial charge in [-0.25, -0.2) is 0 Å². The van der Waals surface area contributed by atoms with Gasteiger partial charge in [0.05, 0.1) is 12.1 Å². The van der Waals surface area contributed by atoms with Crippen molar-refractivity contribution in [1.82, 2.24) is 4.90 Å². The van der Waals surface area contributed by atoms with Gasteiger partial charge in [0.2, 0.25) is 6.79 Å². The molecule has 0 atom stereocenters. The molecule has 5 nitrogen and oxygen atoms in total. The molecular weight excluding hydrogens is 407 g/mol. The highest BCUT2D eigenvalue weighted by molar-refractivity contribution is 8.03. The number of rotatable bonds is 5. The third kappa shape index (κ3) is 4.14. The van der Waals surface area contributed by atoms with E-state index in [1.807, 2.05) is 6.07 Å². The van der Waals surface area contributed by atoms with Crippen molar-refractivity contribution < 1.29 is 32.5 Å². The summed E-state index contributed by atoms with van der Waals surface area (Å²) in [5.41, 5.74) is 0.502. The van der Waals surface area contributed by atoms with Crippen molar-refractivity contribution in [3.05, 3.63) is 69.8 Å². The molecule has 0 aromatic heterocycles. The zero-order chi connectivity index (χ0) is 20.6. The zero-order valence-electron chi connectivity index (χ0n) is 15.0. The average molecular weight is 423 g/mol. The first-order chi connectivity index (χ1) is 13.8. The Kier molecular flexibility index (Phi) is 5.08. The van der Waals surface area contributed by atoms with Crippen LogP contribution in [0.25, 0.3) is 0 Å². The number of nitrogens with zero attached hydrogens (tertiary/aromatic N) is 1. The number of carbonyl (C=O) groups excluding carboxylic acids is 1. The highest BCUT2D eigenvalue weighted by Gasteiger charge is 2.32. The lowest BCUT2D eigenvalue weighted by molar-refractivity contribution is -0.137. The lowest BCUT2D eigenvalue weighted by Crippen LogP contribution is -2.26. The Morgan fingerprint density at radius 3 is 2.66 bits per heavy atom. The van der Waals surface area contributed by atoms with E-state index in [9.17, 15) is 23.1 Å². The van der Waals surface area contributed by atoms with Crippen LogP contribution in [0, 0.1) is 0 Å². The third-order valence-corrected chi connectivity index (χ3v) is 5.71. The van der Waals surface area contributed by atoms with Gasteiger partial charge in [-0.15, -0.1) is 11.8 Å². The minimum Gasteiger partial charge on any atom is -0.509 e. The van der Waals surface area contributed by atoms with Gasteiger partial charge in [0.25, 0.3) is 5.91 Å². The topological polar surface area (TPSA) is 59.0 Å². The molecule has 2 aromatic rings. The Bertz CT molecular complexity index is 990. The summed E-state index contributed by atoms with van der Waals surface area (Å²) < 4.78 is 49.1. The second kappa shape index (κ2) is 7.55. The molecule has 29 heavy (non-hydrogen) atoms. The van der Waals surface area contributed by atoms with Gasteiger partial charge in [0.15, 0.2) is 11.5 Å². The number of aliphatic hydroxyl groups excluding tert-OH is 1. The van der Waals surface area contributed by atoms with Crippen molar-refractivity contribution in [1.29, 1.82) is 0 Å². The number of fused-ring (bicyclic) bond motifs is 1. The van der Waals surface area contributed by atoms with E-state index in [0.717, 1.165) is 29.5 Å². The normalized spacial score (nSPS) is 16.1. The van der Waals surface area contributed by atoms with Crippen LogP contribution in [0.2, 0.25) is 0 Å². The molecule has 2 aliphatic heterocycles. The molecule has 1 N–H and O–H groups in total. The molecule has 0 unspecified atom stereocenters. The molecule has 2 aromatic carbocycles. The van der Waals surface area contributed by atoms with Crippen LogP contribution in [0.1, 0.15) is 16.7 Å². The van der Waals surface area contributed by atoms with E-state index < -0.39 is 11.7 Å². The molecule has 0 radical (unpaired) electrons. The number of thioether (sulfide) groups is 1. The van der Waals surface area contributed by atoms with Crippen molar-refractivity contribution in [2.24, 2.45) is 0 Å². The molecule has 152 valence electrons. The van der Waals surface area contributed by atoms with E-state index in [2.05, 4.69) is 0 Å². The summed E-state index contributed by atoms with van der Waals surface area (Å²) in [6.07, 6.45) is -4.42. The summed E-state index contributed by atoms with van der Waals surface area (Å²) in [5, 5.41) is 10.2. The zero-order valence-corrected chi connectivity index (χ0v) is 15.8. The largest absolute Gasteiger partial charge is 0.509 e. The van der Waals surface area contributed by atoms with Crippen LogP contribution in [0.4, 0.5) is 13.2 Å². The van der Waals surface area contributed by atoms with Gasteiger partial charge < -0.3 is 19.5 Å². The number of halogens is 3. The molecule has 0 fully saturated rings. The van der Waals surface area contributed by atoms with Crippen molar-refractivity contribution in [2.45, 2.75) is 18.5 Å². The quantitative estimate of drug-likeness (QED) is 0.769. The van der Waals surface area contributed by atoms with Gasteiger partial charge in [0.1, 0.15) is 10.7 Å². The van der Waals surface area contributed by atoms with Crippen molar-refractivity contribution in [3.8, 4) is 11.5 Å². The van der Waals surface area contributed by atoms with Gasteiger partial charge in [-0.3, -0.25) is 4.79 Å². The van der Waals surface area contributed by atoms with Crippen LogP contribution in [0.15, 0.2) is 53.1 Å². The molecule has 2 aliphatic rings. The van der Waals surface area contributed by atoms with Crippen LogP contribution in [-0.4, -0.2) is 29.3 Å². The van der Waals surface area contributed by atoms with Gasteiger partial charge in [-0.2, -0.15) is 13.2 Å². The van der Waals surface area contributed by atoms with E-state index in [-0.39, 0.29) is 42.2 Å². The van der Waals surface area contributed by atoms with Crippen molar-refractivity contribution in [2.75, 3.05) is 13.3 Å². The molecular formula is C20H16F3NO4S. The van der Waals surface area contributed by atoms with Crippen molar-refractivity contribution in [3.63, 3.8) is 0 Å². The molecule has 0 saturated heterocycles. The average Bonchev–Trinajstić information content (AvgIpc) is 3.24. The van der Waals surface area contributed by atoms with E-state index >= 15 is 0 Å². The van der Waals surface area contributed by atoms with Crippen LogP contribution in [0.5, 0.6) is 11.5 Å². The Balaban J connectivity index is 1.40. The van der Waals surface area contributed by atoms with E-state index in [1.165, 1.54) is 11.0 Å². The lowest BCUT2D eigenvalue weighted by Gasteiger charge is -2.16. The monoisotopic (exact) mass is 423 g/mol. The Hall–Kier alpha value is -2.81. The second-order valence-electron chi connectivity index (χ2n) is 6.61. The fraction of sp³-hybridized carbons (Fsp3) is 0.250. The minimum atomic E-state index is -4.42. The first-order valence-corrected chi connectivity index (χ1v) is 9.68. The number of alkyl halides is 3. The fourth-order valence-corrected chi connectivity index (χ4v) is 4.09. The number of amides is 1. The third-order valence-electron chi connectivity index (χ3n) is 4.53. The van der Waals surface area contributed by atoms with E-state index in [4.69, 9.17) is 9.47 Å². The van der Waals surface area contributed by atoms with Crippen LogP contribution in [0.3, 0.4) is 0 Å². The highest BCUT2D eigenvalue weighted by atomic mass is 32.2. The summed E-state index contributed by atoms with van der Waals surface area (Å²) in [7, 11) is 0. The summed E-state index contributed by atoms with van der Waals surface area (Å²) in [4.78, 5) is 14.3.